The molecule has 1 aliphatic heterocycles. The van der Waals surface area contributed by atoms with Crippen molar-refractivity contribution in [3.05, 3.63) is 45.6 Å². The van der Waals surface area contributed by atoms with Crippen LogP contribution in [0, 0.1) is 10.1 Å². The van der Waals surface area contributed by atoms with Crippen molar-refractivity contribution in [2.75, 3.05) is 6.54 Å². The molecule has 1 heterocycles. The number of hydrogen-bond acceptors (Lipinski definition) is 4. The summed E-state index contributed by atoms with van der Waals surface area (Å²) < 4.78 is 0. The van der Waals surface area contributed by atoms with E-state index in [4.69, 9.17) is 0 Å². The second-order valence-electron chi connectivity index (χ2n) is 4.30. The average molecular weight is 275 g/mol. The van der Waals surface area contributed by atoms with Gasteiger partial charge in [-0.1, -0.05) is 19.1 Å². The molecule has 7 nitrogen and oxygen atoms in total. The van der Waals surface area contributed by atoms with Crippen LogP contribution < -0.4 is 5.32 Å². The van der Waals surface area contributed by atoms with Crippen molar-refractivity contribution < 1.29 is 14.5 Å². The van der Waals surface area contributed by atoms with Gasteiger partial charge in [0.2, 0.25) is 0 Å². The van der Waals surface area contributed by atoms with Gasteiger partial charge in [-0.05, 0) is 18.1 Å². The second-order valence-corrected chi connectivity index (χ2v) is 4.30. The fourth-order valence-electron chi connectivity index (χ4n) is 1.89. The standard InChI is InChI=1S/C13H13N3O4/c1-2-6-15-12(17)11(14-13(15)18)8-9-4-3-5-10(7-9)16(19)20/h3-5,7-8H,2,6H2,1H3,(H,14,18)/b11-8+. The number of carbonyl (C=O) groups excluding carboxylic acids is 2. The van der Waals surface area contributed by atoms with Crippen LogP contribution in [0.15, 0.2) is 30.0 Å². The number of nitrogens with zero attached hydrogens (tertiary/aromatic N) is 2. The summed E-state index contributed by atoms with van der Waals surface area (Å²) in [6.07, 6.45) is 2.10. The number of urea groups is 1. The minimum Gasteiger partial charge on any atom is -0.303 e. The lowest BCUT2D eigenvalue weighted by Gasteiger charge is -2.08. The molecular weight excluding hydrogens is 262 g/mol. The van der Waals surface area contributed by atoms with Gasteiger partial charge in [0.15, 0.2) is 0 Å². The van der Waals surface area contributed by atoms with Gasteiger partial charge in [-0.15, -0.1) is 0 Å². The van der Waals surface area contributed by atoms with Gasteiger partial charge in [-0.2, -0.15) is 0 Å². The van der Waals surface area contributed by atoms with Gasteiger partial charge in [0.25, 0.3) is 11.6 Å². The molecule has 0 unspecified atom stereocenters. The van der Waals surface area contributed by atoms with Gasteiger partial charge < -0.3 is 5.32 Å². The quantitative estimate of drug-likeness (QED) is 0.393. The Bertz CT molecular complexity index is 609. The van der Waals surface area contributed by atoms with Crippen molar-refractivity contribution in [2.24, 2.45) is 0 Å². The Kier molecular flexibility index (Phi) is 3.79. The summed E-state index contributed by atoms with van der Waals surface area (Å²) in [4.78, 5) is 34.8. The molecule has 1 fully saturated rings. The van der Waals surface area contributed by atoms with Crippen LogP contribution in [-0.4, -0.2) is 28.3 Å². The summed E-state index contributed by atoms with van der Waals surface area (Å²) in [5, 5.41) is 13.1. The number of nitro benzene ring substituents is 1. The molecule has 0 spiro atoms. The Morgan fingerprint density at radius 2 is 2.15 bits per heavy atom. The number of nitro groups is 1. The molecule has 0 aliphatic carbocycles. The van der Waals surface area contributed by atoms with Gasteiger partial charge in [0, 0.05) is 18.7 Å². The first-order valence-corrected chi connectivity index (χ1v) is 6.12. The summed E-state index contributed by atoms with van der Waals surface area (Å²) >= 11 is 0. The average Bonchev–Trinajstić information content (AvgIpc) is 2.67. The van der Waals surface area contributed by atoms with Gasteiger partial charge in [0.1, 0.15) is 5.70 Å². The summed E-state index contributed by atoms with van der Waals surface area (Å²) in [5.74, 6) is -0.414. The van der Waals surface area contributed by atoms with Crippen molar-refractivity contribution in [2.45, 2.75) is 13.3 Å². The highest BCUT2D eigenvalue weighted by molar-refractivity contribution is 6.13. The predicted molar refractivity (Wildman–Crippen MR) is 71.6 cm³/mol. The van der Waals surface area contributed by atoms with E-state index in [2.05, 4.69) is 5.32 Å². The third-order valence-corrected chi connectivity index (χ3v) is 2.80. The van der Waals surface area contributed by atoms with Crippen LogP contribution >= 0.6 is 0 Å². The van der Waals surface area contributed by atoms with Gasteiger partial charge in [-0.25, -0.2) is 4.79 Å². The van der Waals surface area contributed by atoms with E-state index in [1.54, 1.807) is 6.07 Å². The molecule has 0 aromatic heterocycles. The monoisotopic (exact) mass is 275 g/mol. The van der Waals surface area contributed by atoms with Crippen molar-refractivity contribution in [1.29, 1.82) is 0 Å². The Labute approximate surface area is 115 Å². The van der Waals surface area contributed by atoms with E-state index < -0.39 is 16.9 Å². The van der Waals surface area contributed by atoms with Gasteiger partial charge in [-0.3, -0.25) is 19.8 Å². The number of imide groups is 1. The molecule has 1 N–H and O–H groups in total. The highest BCUT2D eigenvalue weighted by Gasteiger charge is 2.32. The Morgan fingerprint density at radius 3 is 2.80 bits per heavy atom. The Hall–Kier alpha value is -2.70. The van der Waals surface area contributed by atoms with E-state index in [0.717, 1.165) is 4.90 Å². The summed E-state index contributed by atoms with van der Waals surface area (Å²) in [6.45, 7) is 2.21. The third kappa shape index (κ3) is 2.66. The van der Waals surface area contributed by atoms with Crippen LogP contribution in [0.5, 0.6) is 0 Å². The molecule has 0 saturated carbocycles. The maximum Gasteiger partial charge on any atom is 0.329 e. The van der Waals surface area contributed by atoms with Crippen LogP contribution in [0.2, 0.25) is 0 Å². The number of nitrogens with one attached hydrogen (secondary N) is 1. The molecule has 20 heavy (non-hydrogen) atoms. The predicted octanol–water partition coefficient (Wildman–Crippen LogP) is 1.90. The van der Waals surface area contributed by atoms with Crippen molar-refractivity contribution in [1.82, 2.24) is 10.2 Å². The fourth-order valence-corrected chi connectivity index (χ4v) is 1.89. The Balaban J connectivity index is 2.28. The lowest BCUT2D eigenvalue weighted by Crippen LogP contribution is -2.31. The van der Waals surface area contributed by atoms with E-state index in [1.807, 2.05) is 6.92 Å². The minimum absolute atomic E-state index is 0.0680. The van der Waals surface area contributed by atoms with Crippen molar-refractivity contribution >= 4 is 23.7 Å². The molecular formula is C13H13N3O4. The largest absolute Gasteiger partial charge is 0.329 e. The second kappa shape index (κ2) is 5.52. The first-order chi connectivity index (χ1) is 9.52. The molecule has 1 aromatic rings. The zero-order chi connectivity index (χ0) is 14.7. The smallest absolute Gasteiger partial charge is 0.303 e. The lowest BCUT2D eigenvalue weighted by molar-refractivity contribution is -0.384. The van der Waals surface area contributed by atoms with E-state index in [-0.39, 0.29) is 11.4 Å². The van der Waals surface area contributed by atoms with Crippen LogP contribution in [0.25, 0.3) is 6.08 Å². The topological polar surface area (TPSA) is 92.6 Å². The summed E-state index contributed by atoms with van der Waals surface area (Å²) in [5.41, 5.74) is 0.548. The summed E-state index contributed by atoms with van der Waals surface area (Å²) in [6, 6.07) is 5.39. The number of rotatable bonds is 4. The maximum atomic E-state index is 12.0. The first kappa shape index (κ1) is 13.7. The fraction of sp³-hybridized carbons (Fsp3) is 0.231. The number of carbonyl (C=O) groups is 2. The molecule has 0 atom stereocenters. The van der Waals surface area contributed by atoms with Crippen molar-refractivity contribution in [3.8, 4) is 0 Å². The molecule has 104 valence electrons. The SMILES string of the molecule is CCCN1C(=O)N/C(=C/c2cccc([N+](=O)[O-])c2)C1=O. The highest BCUT2D eigenvalue weighted by Crippen LogP contribution is 2.18. The van der Waals surface area contributed by atoms with Crippen molar-refractivity contribution in [3.63, 3.8) is 0 Å². The van der Waals surface area contributed by atoms with E-state index in [0.29, 0.717) is 18.5 Å². The highest BCUT2D eigenvalue weighted by atomic mass is 16.6. The van der Waals surface area contributed by atoms with Crippen LogP contribution in [0.3, 0.4) is 0 Å². The van der Waals surface area contributed by atoms with Gasteiger partial charge in [0.05, 0.1) is 4.92 Å². The third-order valence-electron chi connectivity index (χ3n) is 2.80. The molecule has 0 radical (unpaired) electrons. The van der Waals surface area contributed by atoms with Gasteiger partial charge >= 0.3 is 6.03 Å². The van der Waals surface area contributed by atoms with E-state index in [9.17, 15) is 19.7 Å². The number of non-ortho nitro benzene ring substituents is 1. The molecule has 0 bridgehead atoms. The zero-order valence-electron chi connectivity index (χ0n) is 10.8. The normalized spacial score (nSPS) is 16.6. The molecule has 3 amide bonds. The van der Waals surface area contributed by atoms with Crippen LogP contribution in [0.4, 0.5) is 10.5 Å². The number of amides is 3. The zero-order valence-corrected chi connectivity index (χ0v) is 10.8. The Morgan fingerprint density at radius 1 is 1.40 bits per heavy atom. The lowest BCUT2D eigenvalue weighted by atomic mass is 10.1. The molecule has 2 rings (SSSR count). The number of benzene rings is 1. The van der Waals surface area contributed by atoms with E-state index >= 15 is 0 Å². The summed E-state index contributed by atoms with van der Waals surface area (Å²) in [7, 11) is 0. The first-order valence-electron chi connectivity index (χ1n) is 6.12. The number of hydrogen-bond donors (Lipinski definition) is 1. The van der Waals surface area contributed by atoms with Crippen LogP contribution in [-0.2, 0) is 4.79 Å². The molecule has 7 heteroatoms. The molecule has 1 aromatic carbocycles. The maximum absolute atomic E-state index is 12.0. The minimum atomic E-state index is -0.513. The molecule has 1 aliphatic rings. The van der Waals surface area contributed by atoms with Crippen LogP contribution in [0.1, 0.15) is 18.9 Å². The molecule has 1 saturated heterocycles. The van der Waals surface area contributed by atoms with E-state index in [1.165, 1.54) is 24.3 Å².